The highest BCUT2D eigenvalue weighted by Gasteiger charge is 2.72. The van der Waals surface area contributed by atoms with Gasteiger partial charge in [0.1, 0.15) is 6.10 Å². The number of aliphatic hydroxyl groups excluding tert-OH is 2. The van der Waals surface area contributed by atoms with Crippen LogP contribution in [0.25, 0.3) is 0 Å². The van der Waals surface area contributed by atoms with Crippen molar-refractivity contribution in [2.24, 2.45) is 121 Å². The minimum Gasteiger partial charge on any atom is -0.414 e. The Morgan fingerprint density at radius 3 is 1.29 bits per heavy atom. The van der Waals surface area contributed by atoms with E-state index in [9.17, 15) is 18.6 Å². The van der Waals surface area contributed by atoms with Gasteiger partial charge in [0, 0.05) is 23.5 Å². The monoisotopic (exact) mass is 1450 g/mol. The Kier molecular flexibility index (Phi) is 23.4. The highest BCUT2D eigenvalue weighted by Crippen LogP contribution is 2.73. The fourth-order valence-corrected chi connectivity index (χ4v) is 29.6. The van der Waals surface area contributed by atoms with Gasteiger partial charge in [0.25, 0.3) is 10.1 Å². The summed E-state index contributed by atoms with van der Waals surface area (Å²) >= 11 is 0. The molecule has 2 N–H and O–H groups in total. The third-order valence-electron chi connectivity index (χ3n) is 34.4. The molecule has 12 saturated carbocycles. The minimum atomic E-state index is -3.57. The maximum absolute atomic E-state index is 12.5. The Morgan fingerprint density at radius 1 is 0.505 bits per heavy atom. The van der Waals surface area contributed by atoms with E-state index in [0.29, 0.717) is 86.8 Å². The van der Waals surface area contributed by atoms with Crippen LogP contribution in [0.4, 0.5) is 0 Å². The predicted octanol–water partition coefficient (Wildman–Crippen LogP) is 23.5. The summed E-state index contributed by atoms with van der Waals surface area (Å²) in [7, 11) is -9.15. The topological polar surface area (TPSA) is 112 Å². The lowest BCUT2D eigenvalue weighted by Gasteiger charge is -2.45. The average Bonchev–Trinajstić information content (AvgIpc) is 1.54. The Balaban J connectivity index is 0.000000161. The van der Waals surface area contributed by atoms with Crippen molar-refractivity contribution in [1.82, 2.24) is 0 Å². The zero-order chi connectivity index (χ0) is 73.4. The predicted molar refractivity (Wildman–Crippen MR) is 423 cm³/mol. The zero-order valence-electron chi connectivity index (χ0n) is 69.2. The smallest absolute Gasteiger partial charge is 0.264 e. The van der Waals surface area contributed by atoms with Crippen LogP contribution < -0.4 is 0 Å². The molecule has 0 saturated heterocycles. The normalized spacial score (nSPS) is 43.3. The Labute approximate surface area is 613 Å². The first kappa shape index (κ1) is 81.1. The number of fused-ring (bicyclic) bond motifs is 6. The number of hydrogen-bond acceptors (Lipinski definition) is 8. The van der Waals surface area contributed by atoms with E-state index in [1.54, 1.807) is 16.7 Å². The summed E-state index contributed by atoms with van der Waals surface area (Å²) in [5, 5.41) is 21.9. The van der Waals surface area contributed by atoms with Gasteiger partial charge in [-0.3, -0.25) is 4.18 Å². The van der Waals surface area contributed by atoms with Gasteiger partial charge in [-0.25, -0.2) is 0 Å². The molecule has 0 spiro atoms. The molecule has 12 aliphatic rings. The van der Waals surface area contributed by atoms with Gasteiger partial charge in [-0.05, 0) is 306 Å². The maximum atomic E-state index is 12.5. The number of aliphatic hydroxyl groups is 2. The number of hydrogen-bond donors (Lipinski definition) is 2. The summed E-state index contributed by atoms with van der Waals surface area (Å²) < 4.78 is 51.3. The summed E-state index contributed by atoms with van der Waals surface area (Å²) in [5.74, 6) is 10.3. The lowest BCUT2D eigenvalue weighted by Crippen LogP contribution is -2.49. The van der Waals surface area contributed by atoms with Crippen molar-refractivity contribution >= 4 is 35.1 Å². The van der Waals surface area contributed by atoms with Crippen molar-refractivity contribution in [3.05, 3.63) is 34.9 Å². The molecule has 8 nitrogen and oxygen atoms in total. The van der Waals surface area contributed by atoms with Crippen molar-refractivity contribution in [1.29, 1.82) is 0 Å². The van der Waals surface area contributed by atoms with Gasteiger partial charge in [0.05, 0.1) is 24.6 Å². The van der Waals surface area contributed by atoms with Gasteiger partial charge < -0.3 is 23.5 Å². The van der Waals surface area contributed by atoms with Crippen molar-refractivity contribution in [2.45, 2.75) is 377 Å². The van der Waals surface area contributed by atoms with Crippen LogP contribution in [0.2, 0.25) is 54.4 Å². The van der Waals surface area contributed by atoms with Gasteiger partial charge in [-0.15, -0.1) is 0 Å². The maximum Gasteiger partial charge on any atom is 0.264 e. The Bertz CT molecular complexity index is 3040. The molecule has 26 atom stereocenters. The highest BCUT2D eigenvalue weighted by atomic mass is 32.2. The molecule has 0 aromatic carbocycles. The molecule has 99 heavy (non-hydrogen) atoms. The van der Waals surface area contributed by atoms with E-state index in [4.69, 9.17) is 17.5 Å². The molecule has 0 heterocycles. The summed E-state index contributed by atoms with van der Waals surface area (Å²) in [6.45, 7) is 62.1. The first-order chi connectivity index (χ1) is 45.6. The molecular formula is C87H156O8SSi3. The van der Waals surface area contributed by atoms with Crippen LogP contribution in [0.3, 0.4) is 0 Å². The van der Waals surface area contributed by atoms with Crippen LogP contribution in [0.5, 0.6) is 0 Å². The molecule has 12 rings (SSSR count). The molecule has 12 heteroatoms. The highest BCUT2D eigenvalue weighted by molar-refractivity contribution is 7.86. The zero-order valence-corrected chi connectivity index (χ0v) is 73.0. The standard InChI is InChI=1S/C30H54O4SSi.C29H52O2Si.C28H50O2Si/c1-11-20(2)24-14-15-25-22(13-12-16-29(24,25)7)17-21(3)30-19-23(30)18-26(27(30)33-35(8,31)32)34-36(9,10)28(4,5)6;1-10-19(2)23-13-14-24-21(12-11-15-28(23,24)7)16-20(3)29-18-22(29)17-25(26(29)30)31-32(8,9)27(4,5)6;1-19(18-29)24-11-12-25-21(10-9-13-27(24,25)6)14-20(2)28-16-22(28)15-23(17-28)30-31(7,8)26(3,4)5/h17,20-21,23-27H,11-16,18-19H2,1-10H3;16,19-20,22-26,30H,10-15,17-18H2,1-9H3;14,19-20,22-25,29H,9-13,15-18H2,1-8H3/b22-17+;21-16+;21-14+/t20-,21-,23?,24-,25+,26+,27?,29-,30-;19-,20-,22?,23-,24+,25+,26?,28-,29-;19-,20-,22?,23+,24-,25+,27-,28-/m111/s1. The Morgan fingerprint density at radius 2 is 0.879 bits per heavy atom. The first-order valence-corrected chi connectivity index (χ1v) is 52.4. The van der Waals surface area contributed by atoms with Crippen LogP contribution in [0.1, 0.15) is 293 Å². The molecule has 570 valence electrons. The van der Waals surface area contributed by atoms with Crippen LogP contribution >= 0.6 is 0 Å². The third-order valence-corrected chi connectivity index (χ3v) is 48.5. The molecule has 12 fully saturated rings. The largest absolute Gasteiger partial charge is 0.414 e. The van der Waals surface area contributed by atoms with Crippen molar-refractivity contribution in [3.8, 4) is 0 Å². The van der Waals surface area contributed by atoms with E-state index in [1.165, 1.54) is 141 Å². The molecule has 0 aliphatic heterocycles. The molecule has 5 unspecified atom stereocenters. The average molecular weight is 1450 g/mol. The number of allylic oxidation sites excluding steroid dienone is 6. The first-order valence-electron chi connectivity index (χ1n) is 41.9. The summed E-state index contributed by atoms with van der Waals surface area (Å²) in [6, 6.07) is 0. The summed E-state index contributed by atoms with van der Waals surface area (Å²) in [4.78, 5) is 0. The van der Waals surface area contributed by atoms with Crippen LogP contribution in [-0.2, 0) is 27.6 Å². The van der Waals surface area contributed by atoms with E-state index in [-0.39, 0.29) is 45.3 Å². The van der Waals surface area contributed by atoms with Crippen molar-refractivity contribution in [3.63, 3.8) is 0 Å². The van der Waals surface area contributed by atoms with E-state index >= 15 is 0 Å². The molecule has 12 aliphatic carbocycles. The fraction of sp³-hybridized carbons (Fsp3) is 0.931. The van der Waals surface area contributed by atoms with Gasteiger partial charge >= 0.3 is 0 Å². The molecular weight excluding hydrogens is 1290 g/mol. The van der Waals surface area contributed by atoms with E-state index in [2.05, 4.69) is 196 Å². The second kappa shape index (κ2) is 28.5. The number of rotatable bonds is 20. The van der Waals surface area contributed by atoms with Gasteiger partial charge in [-0.1, -0.05) is 186 Å². The van der Waals surface area contributed by atoms with Gasteiger partial charge in [0.2, 0.25) is 0 Å². The van der Waals surface area contributed by atoms with Crippen LogP contribution in [0.15, 0.2) is 34.9 Å². The molecule has 0 aromatic rings. The fourth-order valence-electron chi connectivity index (χ4n) is 24.9. The van der Waals surface area contributed by atoms with E-state index in [1.807, 2.05) is 0 Å². The third kappa shape index (κ3) is 15.1. The molecule has 0 bridgehead atoms. The summed E-state index contributed by atoms with van der Waals surface area (Å²) in [6.07, 6.45) is 39.9. The molecule has 0 radical (unpaired) electrons. The second-order valence-corrected chi connectivity index (χ2v) is 58.8. The van der Waals surface area contributed by atoms with E-state index < -0.39 is 35.1 Å². The lowest BCUT2D eigenvalue weighted by molar-refractivity contribution is -0.00613. The van der Waals surface area contributed by atoms with Crippen LogP contribution in [0, 0.1) is 121 Å². The van der Waals surface area contributed by atoms with Crippen molar-refractivity contribution < 1.29 is 36.1 Å². The molecule has 0 amide bonds. The lowest BCUT2D eigenvalue weighted by atomic mass is 9.60. The minimum absolute atomic E-state index is 0.0494. The van der Waals surface area contributed by atoms with Gasteiger partial charge in [0.15, 0.2) is 25.0 Å². The molecule has 0 aromatic heterocycles. The quantitative estimate of drug-likeness (QED) is 0.0704. The second-order valence-electron chi connectivity index (χ2n) is 42.9. The van der Waals surface area contributed by atoms with Crippen LogP contribution in [-0.4, -0.2) is 87.0 Å². The Hall–Kier alpha value is -0.419. The van der Waals surface area contributed by atoms with Gasteiger partial charge in [-0.2, -0.15) is 8.42 Å². The SMILES string of the molecule is CC[C@@H](C)[C@H]1CC[C@H]2/C(=C/[C@@H](C)[C@]34CC3C[C@H](O[Si](C)(C)C(C)(C)C)C4O)CCC[C@]12C.CC[C@@H](C)[C@H]1CC[C@H]2/C(=C/[C@@H](C)[C@]34CC3C[C@H](O[Si](C)(C)C(C)(C)C)C4OS(C)(=O)=O)CCC[C@]12C.C[C@H](CO)[C@H]1CC[C@H]2/C(=C/[C@@H](C)[C@]34CC3C[C@H](O[Si](C)(C)C(C)(C)C)C4)CCC[C@]12C. The van der Waals surface area contributed by atoms with Crippen molar-refractivity contribution in [2.75, 3.05) is 12.9 Å². The van der Waals surface area contributed by atoms with E-state index in [0.717, 1.165) is 60.7 Å². The summed E-state index contributed by atoms with van der Waals surface area (Å²) in [5.41, 5.74) is 7.04.